The van der Waals surface area contributed by atoms with Gasteiger partial charge in [-0.05, 0) is 74.9 Å². The summed E-state index contributed by atoms with van der Waals surface area (Å²) in [5, 5.41) is 0. The second-order valence-electron chi connectivity index (χ2n) is 8.99. The fraction of sp³-hybridized carbons (Fsp3) is 0.370. The minimum absolute atomic E-state index is 0.237. The normalized spacial score (nSPS) is 14.8. The van der Waals surface area contributed by atoms with Crippen molar-refractivity contribution in [3.05, 3.63) is 71.2 Å². The molecule has 1 saturated carbocycles. The lowest BCUT2D eigenvalue weighted by molar-refractivity contribution is -0.108. The van der Waals surface area contributed by atoms with E-state index in [1.807, 2.05) is 44.2 Å². The van der Waals surface area contributed by atoms with Gasteiger partial charge >= 0.3 is 0 Å². The number of rotatable bonds is 8. The van der Waals surface area contributed by atoms with Gasteiger partial charge in [0.05, 0.1) is 31.4 Å². The van der Waals surface area contributed by atoms with Gasteiger partial charge in [-0.3, -0.25) is 4.98 Å². The van der Waals surface area contributed by atoms with Gasteiger partial charge in [-0.15, -0.1) is 0 Å². The summed E-state index contributed by atoms with van der Waals surface area (Å²) >= 11 is 0. The number of benzene rings is 1. The van der Waals surface area contributed by atoms with E-state index in [2.05, 4.69) is 14.5 Å². The average Bonchev–Trinajstić information content (AvgIpc) is 3.49. The molecule has 1 aliphatic carbocycles. The van der Waals surface area contributed by atoms with Crippen molar-refractivity contribution in [1.29, 1.82) is 0 Å². The van der Waals surface area contributed by atoms with E-state index in [9.17, 15) is 4.79 Å². The van der Waals surface area contributed by atoms with E-state index in [-0.39, 0.29) is 6.10 Å². The summed E-state index contributed by atoms with van der Waals surface area (Å²) in [7, 11) is 1.66. The fourth-order valence-electron chi connectivity index (χ4n) is 4.74. The molecule has 0 saturated heterocycles. The van der Waals surface area contributed by atoms with E-state index in [1.165, 1.54) is 12.8 Å². The molecule has 35 heavy (non-hydrogen) atoms. The van der Waals surface area contributed by atoms with E-state index < -0.39 is 5.92 Å². The lowest BCUT2D eigenvalue weighted by atomic mass is 10.0. The number of ether oxygens (including phenoxy) is 2. The fourth-order valence-corrected chi connectivity index (χ4v) is 4.74. The Kier molecular flexibility index (Phi) is 6.44. The number of fused-ring (bicyclic) bond motifs is 1. The zero-order chi connectivity index (χ0) is 24.4. The lowest BCUT2D eigenvalue weighted by Crippen LogP contribution is -2.12. The van der Waals surface area contributed by atoms with Gasteiger partial charge in [-0.1, -0.05) is 6.07 Å². The molecule has 1 atom stereocenters. The van der Waals surface area contributed by atoms with Crippen LogP contribution in [0.2, 0.25) is 0 Å². The van der Waals surface area contributed by atoms with Crippen LogP contribution in [-0.2, 0) is 11.3 Å². The Morgan fingerprint density at radius 3 is 2.54 bits per heavy atom. The molecule has 0 N–H and O–H groups in total. The number of imidazole rings is 1. The molecule has 0 bridgehead atoms. The van der Waals surface area contributed by atoms with Gasteiger partial charge in [0.2, 0.25) is 0 Å². The van der Waals surface area contributed by atoms with Crippen LogP contribution in [-0.4, -0.2) is 44.0 Å². The minimum atomic E-state index is -0.572. The van der Waals surface area contributed by atoms with Crippen molar-refractivity contribution in [3.8, 4) is 11.5 Å². The Labute approximate surface area is 204 Å². The Morgan fingerprint density at radius 2 is 1.83 bits per heavy atom. The van der Waals surface area contributed by atoms with Gasteiger partial charge in [-0.25, -0.2) is 15.0 Å². The smallest absolute Gasteiger partial charge is 0.164 e. The topological polar surface area (TPSA) is 92.0 Å². The zero-order valence-corrected chi connectivity index (χ0v) is 20.3. The quantitative estimate of drug-likeness (QED) is 0.348. The Hall–Kier alpha value is -3.81. The summed E-state index contributed by atoms with van der Waals surface area (Å²) in [5.41, 5.74) is 4.05. The van der Waals surface area contributed by atoms with Crippen molar-refractivity contribution in [2.24, 2.45) is 0 Å². The SMILES string of the molecule is COc1ccc(Cn2c(C)nc3c(C)nc(C(C=O)c4ccncc4)nc32)cc1OC1CCCC1. The van der Waals surface area contributed by atoms with Crippen molar-refractivity contribution in [1.82, 2.24) is 24.5 Å². The van der Waals surface area contributed by atoms with Gasteiger partial charge in [-0.2, -0.15) is 0 Å². The summed E-state index contributed by atoms with van der Waals surface area (Å²) in [6.07, 6.45) is 9.01. The van der Waals surface area contributed by atoms with Crippen LogP contribution in [0.15, 0.2) is 42.7 Å². The molecule has 0 amide bonds. The highest BCUT2D eigenvalue weighted by atomic mass is 16.5. The molecule has 1 fully saturated rings. The largest absolute Gasteiger partial charge is 0.493 e. The standard InChI is InChI=1S/C27H29N5O3/c1-17-25-27(31-26(29-17)22(16-33)20-10-12-28-13-11-20)32(18(2)30-25)15-19-8-9-23(34-3)24(14-19)35-21-6-4-5-7-21/h8-14,16,21-22H,4-7,15H2,1-3H3. The first-order valence-corrected chi connectivity index (χ1v) is 12.0. The number of nitrogens with zero attached hydrogens (tertiary/aromatic N) is 5. The van der Waals surface area contributed by atoms with Crippen LogP contribution < -0.4 is 9.47 Å². The van der Waals surface area contributed by atoms with Crippen molar-refractivity contribution in [2.45, 2.75) is 58.1 Å². The molecule has 1 aromatic carbocycles. The molecule has 0 radical (unpaired) electrons. The van der Waals surface area contributed by atoms with Crippen molar-refractivity contribution in [3.63, 3.8) is 0 Å². The highest BCUT2D eigenvalue weighted by Gasteiger charge is 2.22. The molecule has 8 heteroatoms. The number of hydrogen-bond acceptors (Lipinski definition) is 7. The Morgan fingerprint density at radius 1 is 1.06 bits per heavy atom. The molecule has 1 unspecified atom stereocenters. The molecule has 3 aromatic heterocycles. The average molecular weight is 472 g/mol. The van der Waals surface area contributed by atoms with Crippen LogP contribution in [0, 0.1) is 13.8 Å². The van der Waals surface area contributed by atoms with Crippen LogP contribution in [0.4, 0.5) is 0 Å². The maximum atomic E-state index is 12.0. The highest BCUT2D eigenvalue weighted by Crippen LogP contribution is 2.33. The molecule has 180 valence electrons. The summed E-state index contributed by atoms with van der Waals surface area (Å²) in [4.78, 5) is 30.3. The number of aldehydes is 1. The molecule has 0 aliphatic heterocycles. The van der Waals surface area contributed by atoms with E-state index in [0.717, 1.165) is 58.8 Å². The summed E-state index contributed by atoms with van der Waals surface area (Å²) < 4.78 is 13.9. The number of aromatic nitrogens is 5. The molecule has 0 spiro atoms. The Bertz CT molecular complexity index is 1350. The number of carbonyl (C=O) groups is 1. The van der Waals surface area contributed by atoms with Crippen molar-refractivity contribution < 1.29 is 14.3 Å². The molecular formula is C27H29N5O3. The number of pyridine rings is 1. The molecule has 1 aliphatic rings. The van der Waals surface area contributed by atoms with Gasteiger partial charge in [0.1, 0.15) is 23.5 Å². The molecule has 5 rings (SSSR count). The number of methoxy groups -OCH3 is 1. The second-order valence-corrected chi connectivity index (χ2v) is 8.99. The summed E-state index contributed by atoms with van der Waals surface area (Å²) in [6.45, 7) is 4.42. The number of carbonyl (C=O) groups excluding carboxylic acids is 1. The predicted molar refractivity (Wildman–Crippen MR) is 132 cm³/mol. The van der Waals surface area contributed by atoms with Crippen LogP contribution in [0.25, 0.3) is 11.2 Å². The van der Waals surface area contributed by atoms with Gasteiger partial charge in [0.15, 0.2) is 17.1 Å². The first-order chi connectivity index (χ1) is 17.1. The summed E-state index contributed by atoms with van der Waals surface area (Å²) in [6, 6.07) is 9.65. The first-order valence-electron chi connectivity index (χ1n) is 12.0. The maximum Gasteiger partial charge on any atom is 0.164 e. The lowest BCUT2D eigenvalue weighted by Gasteiger charge is -2.17. The number of aryl methyl sites for hydroxylation is 2. The minimum Gasteiger partial charge on any atom is -0.493 e. The monoisotopic (exact) mass is 471 g/mol. The van der Waals surface area contributed by atoms with Crippen LogP contribution >= 0.6 is 0 Å². The maximum absolute atomic E-state index is 12.0. The van der Waals surface area contributed by atoms with Crippen molar-refractivity contribution >= 4 is 17.5 Å². The molecule has 8 nitrogen and oxygen atoms in total. The Balaban J connectivity index is 1.52. The molecular weight excluding hydrogens is 442 g/mol. The van der Waals surface area contributed by atoms with E-state index in [0.29, 0.717) is 18.0 Å². The van der Waals surface area contributed by atoms with Crippen LogP contribution in [0.3, 0.4) is 0 Å². The van der Waals surface area contributed by atoms with E-state index in [1.54, 1.807) is 19.5 Å². The van der Waals surface area contributed by atoms with Crippen molar-refractivity contribution in [2.75, 3.05) is 7.11 Å². The van der Waals surface area contributed by atoms with Gasteiger partial charge in [0.25, 0.3) is 0 Å². The van der Waals surface area contributed by atoms with E-state index in [4.69, 9.17) is 19.4 Å². The van der Waals surface area contributed by atoms with E-state index >= 15 is 0 Å². The first kappa shape index (κ1) is 23.0. The third-order valence-electron chi connectivity index (χ3n) is 6.62. The third-order valence-corrected chi connectivity index (χ3v) is 6.62. The van der Waals surface area contributed by atoms with Crippen LogP contribution in [0.1, 0.15) is 60.1 Å². The molecule has 3 heterocycles. The summed E-state index contributed by atoms with van der Waals surface area (Å²) in [5.74, 6) is 2.22. The van der Waals surface area contributed by atoms with Gasteiger partial charge < -0.3 is 18.8 Å². The predicted octanol–water partition coefficient (Wildman–Crippen LogP) is 4.55. The van der Waals surface area contributed by atoms with Crippen LogP contribution in [0.5, 0.6) is 11.5 Å². The molecule has 4 aromatic rings. The van der Waals surface area contributed by atoms with Gasteiger partial charge in [0, 0.05) is 12.4 Å². The highest BCUT2D eigenvalue weighted by molar-refractivity contribution is 5.76. The third kappa shape index (κ3) is 4.60. The number of hydrogen-bond donors (Lipinski definition) is 0. The zero-order valence-electron chi connectivity index (χ0n) is 20.3. The second kappa shape index (κ2) is 9.82.